The molecule has 0 heterocycles. The molecule has 0 fully saturated rings. The van der Waals surface area contributed by atoms with Crippen molar-refractivity contribution < 1.29 is 147 Å². The Kier molecular flexibility index (Phi) is 40.0. The molecule has 52 heavy (non-hydrogen) atoms. The van der Waals surface area contributed by atoms with Gasteiger partial charge in [-0.2, -0.15) is 79.0 Å². The number of ether oxygens (including phenoxy) is 2. The van der Waals surface area contributed by atoms with Crippen LogP contribution in [0, 0.1) is 0 Å². The molecule has 0 bridgehead atoms. The minimum Gasteiger partial charge on any atom is -0.477 e. The van der Waals surface area contributed by atoms with Gasteiger partial charge in [-0.1, -0.05) is 0 Å². The van der Waals surface area contributed by atoms with Crippen LogP contribution in [0.15, 0.2) is 0 Å². The third-order valence-corrected chi connectivity index (χ3v) is 2.70. The van der Waals surface area contributed by atoms with Gasteiger partial charge in [0.2, 0.25) is 27.7 Å². The van der Waals surface area contributed by atoms with Crippen molar-refractivity contribution in [1.29, 1.82) is 0 Å². The number of aliphatic carboxylic acids is 1. The van der Waals surface area contributed by atoms with Gasteiger partial charge in [-0.15, -0.1) is 0 Å². The maximum absolute atomic E-state index is 12.6. The summed E-state index contributed by atoms with van der Waals surface area (Å²) in [5.74, 6) is -15.8. The molecular formula is C18H19ClF28O5. The normalized spacial score (nSPS) is 13.7. The third kappa shape index (κ3) is 31.0. The average Bonchev–Trinajstić information content (AvgIpc) is 2.88. The largest absolute Gasteiger partial charge is 0.483 e. The predicted molar refractivity (Wildman–Crippen MR) is 114 cm³/mol. The van der Waals surface area contributed by atoms with Crippen molar-refractivity contribution in [1.82, 2.24) is 0 Å². The second-order valence-corrected chi connectivity index (χ2v) is 6.28. The molecule has 0 radical (unpaired) electrons. The summed E-state index contributed by atoms with van der Waals surface area (Å²) in [6.45, 7) is -4.58. The molecule has 0 rings (SSSR count). The lowest BCUT2D eigenvalue weighted by Crippen LogP contribution is -2.57. The standard InChI is InChI=1S/C5ClF9O2.C5HF9O3.2C2H5F.4CH2F2/c6-1(16)2(7,3(8,9)10)17-5(14,15)4(11,12)13;6-2(1(15)16,3(7,8)9)17-5(13,14)4(10,11)12;2*1-2-3;4*2-1-3/h;(H,15,16);2*2H2,1H3;4*1H2. The number of hydrogen-bond acceptors (Lipinski definition) is 4. The van der Waals surface area contributed by atoms with E-state index in [9.17, 15) is 133 Å². The number of rotatable bonds is 6. The monoisotopic (exact) mass is 882 g/mol. The van der Waals surface area contributed by atoms with Gasteiger partial charge >= 0.3 is 54.6 Å². The Hall–Kier alpha value is -2.61. The quantitative estimate of drug-likeness (QED) is 0.213. The van der Waals surface area contributed by atoms with Crippen molar-refractivity contribution in [3.63, 3.8) is 0 Å². The van der Waals surface area contributed by atoms with Crippen LogP contribution in [-0.2, 0) is 19.1 Å². The lowest BCUT2D eigenvalue weighted by molar-refractivity contribution is -0.460. The van der Waals surface area contributed by atoms with Crippen LogP contribution < -0.4 is 0 Å². The van der Waals surface area contributed by atoms with Crippen molar-refractivity contribution in [3.05, 3.63) is 0 Å². The van der Waals surface area contributed by atoms with Crippen LogP contribution in [0.5, 0.6) is 0 Å². The lowest BCUT2D eigenvalue weighted by atomic mass is 10.3. The van der Waals surface area contributed by atoms with Crippen molar-refractivity contribution in [2.75, 3.05) is 41.1 Å². The summed E-state index contributed by atoms with van der Waals surface area (Å²) in [7, 11) is 0. The molecule has 0 aliphatic heterocycles. The number of halogens is 29. The highest BCUT2D eigenvalue weighted by molar-refractivity contribution is 6.65. The summed E-state index contributed by atoms with van der Waals surface area (Å²) >= 11 is 3.97. The van der Waals surface area contributed by atoms with Gasteiger partial charge in [0.15, 0.2) is 0 Å². The highest BCUT2D eigenvalue weighted by atomic mass is 35.5. The first-order chi connectivity index (χ1) is 22.8. The van der Waals surface area contributed by atoms with E-state index in [-0.39, 0.29) is 13.3 Å². The molecular weight excluding hydrogens is 864 g/mol. The van der Waals surface area contributed by atoms with Crippen LogP contribution in [-0.4, -0.2) is 106 Å². The Morgan fingerprint density at radius 1 is 0.442 bits per heavy atom. The van der Waals surface area contributed by atoms with Gasteiger partial charge in [0.05, 0.1) is 13.3 Å². The fourth-order valence-electron chi connectivity index (χ4n) is 0.901. The SMILES string of the molecule is CCF.CCF.FCF.FCF.FCF.FCF.O=C(Cl)C(F)(OC(F)(F)C(F)(F)F)C(F)(F)F.O=C(O)C(F)(OC(F)(F)C(F)(F)F)C(F)(F)F. The van der Waals surface area contributed by atoms with E-state index in [0.29, 0.717) is 0 Å². The zero-order valence-corrected chi connectivity index (χ0v) is 25.0. The van der Waals surface area contributed by atoms with Crippen LogP contribution in [0.4, 0.5) is 123 Å². The molecule has 0 aliphatic rings. The van der Waals surface area contributed by atoms with E-state index >= 15 is 0 Å². The summed E-state index contributed by atoms with van der Waals surface area (Å²) in [5.41, 5.74) is 0. The fraction of sp³-hybridized carbons (Fsp3) is 0.889. The zero-order chi connectivity index (χ0) is 44.8. The van der Waals surface area contributed by atoms with Crippen LogP contribution in [0.2, 0.25) is 0 Å². The van der Waals surface area contributed by atoms with Gasteiger partial charge in [-0.25, -0.2) is 39.9 Å². The van der Waals surface area contributed by atoms with Gasteiger partial charge in [-0.3, -0.25) is 23.0 Å². The van der Waals surface area contributed by atoms with E-state index in [1.54, 1.807) is 4.74 Å². The number of alkyl halides is 28. The molecule has 5 nitrogen and oxygen atoms in total. The fourth-order valence-corrected chi connectivity index (χ4v) is 1.05. The van der Waals surface area contributed by atoms with Crippen LogP contribution in [0.1, 0.15) is 13.8 Å². The topological polar surface area (TPSA) is 72.8 Å². The lowest BCUT2D eigenvalue weighted by Gasteiger charge is -2.29. The van der Waals surface area contributed by atoms with Gasteiger partial charge in [0, 0.05) is 0 Å². The Morgan fingerprint density at radius 2 is 0.596 bits per heavy atom. The first-order valence-corrected chi connectivity index (χ1v) is 11.0. The second-order valence-electron chi connectivity index (χ2n) is 5.94. The minimum absolute atomic E-state index is 0.250. The summed E-state index contributed by atoms with van der Waals surface area (Å²) in [5, 5.41) is 4.46. The van der Waals surface area contributed by atoms with Crippen LogP contribution in [0.3, 0.4) is 0 Å². The molecule has 1 N–H and O–H groups in total. The highest BCUT2D eigenvalue weighted by Crippen LogP contribution is 2.47. The van der Waals surface area contributed by atoms with E-state index in [1.165, 1.54) is 13.8 Å². The molecule has 34 heteroatoms. The summed E-state index contributed by atoms with van der Waals surface area (Å²) in [6, 6.07) is 0. The average molecular weight is 883 g/mol. The molecule has 0 spiro atoms. The molecule has 0 aromatic rings. The molecule has 0 aromatic carbocycles. The van der Waals surface area contributed by atoms with Crippen molar-refractivity contribution >= 4 is 22.8 Å². The third-order valence-electron chi connectivity index (χ3n) is 2.45. The predicted octanol–water partition coefficient (Wildman–Crippen LogP) is 11.1. The Bertz CT molecular complexity index is 771. The van der Waals surface area contributed by atoms with E-state index in [2.05, 4.69) is 11.6 Å². The number of carbonyl (C=O) groups excluding carboxylic acids is 1. The van der Waals surface area contributed by atoms with Gasteiger partial charge in [0.1, 0.15) is 0 Å². The molecule has 324 valence electrons. The summed E-state index contributed by atoms with van der Waals surface area (Å²) in [4.78, 5) is 19.7. The maximum Gasteiger partial charge on any atom is 0.483 e. The highest BCUT2D eigenvalue weighted by Gasteiger charge is 2.74. The number of carboxylic acids is 1. The van der Waals surface area contributed by atoms with Crippen molar-refractivity contribution in [2.45, 2.75) is 62.5 Å². The van der Waals surface area contributed by atoms with E-state index in [4.69, 9.17) is 5.11 Å². The van der Waals surface area contributed by atoms with Gasteiger partial charge in [0.25, 0.3) is 5.24 Å². The van der Waals surface area contributed by atoms with E-state index < -0.39 is 87.6 Å². The molecule has 0 aromatic heterocycles. The van der Waals surface area contributed by atoms with Crippen LogP contribution >= 0.6 is 11.6 Å². The number of carboxylic acid groups (broad SMARTS) is 1. The zero-order valence-electron chi connectivity index (χ0n) is 24.3. The maximum atomic E-state index is 12.6. The van der Waals surface area contributed by atoms with Crippen molar-refractivity contribution in [2.24, 2.45) is 0 Å². The Balaban J connectivity index is -0.0000000850. The molecule has 0 aliphatic carbocycles. The van der Waals surface area contributed by atoms with E-state index in [1.807, 2.05) is 4.74 Å². The minimum atomic E-state index is -6.70. The smallest absolute Gasteiger partial charge is 0.477 e. The molecule has 0 saturated heterocycles. The molecule has 0 amide bonds. The molecule has 2 unspecified atom stereocenters. The van der Waals surface area contributed by atoms with Crippen LogP contribution in [0.25, 0.3) is 0 Å². The number of hydrogen-bond donors (Lipinski definition) is 1. The Labute approximate surface area is 274 Å². The van der Waals surface area contributed by atoms with Crippen molar-refractivity contribution in [3.8, 4) is 0 Å². The van der Waals surface area contributed by atoms with Gasteiger partial charge < -0.3 is 5.11 Å². The molecule has 0 saturated carbocycles. The first kappa shape index (κ1) is 67.5. The van der Waals surface area contributed by atoms with E-state index in [0.717, 1.165) is 0 Å². The first-order valence-electron chi connectivity index (χ1n) is 10.6. The second kappa shape index (κ2) is 30.8. The summed E-state index contributed by atoms with van der Waals surface area (Å²) < 4.78 is 313. The molecule has 2 atom stereocenters. The number of carbonyl (C=O) groups is 2. The Morgan fingerprint density at radius 3 is 0.692 bits per heavy atom. The summed E-state index contributed by atoms with van der Waals surface area (Å²) in [6.07, 6.45) is -39.6. The van der Waals surface area contributed by atoms with Gasteiger partial charge in [-0.05, 0) is 25.4 Å².